The van der Waals surface area contributed by atoms with E-state index in [4.69, 9.17) is 11.6 Å². The molecule has 0 saturated carbocycles. The van der Waals surface area contributed by atoms with Crippen LogP contribution >= 0.6 is 11.6 Å². The zero-order valence-corrected chi connectivity index (χ0v) is 25.5. The molecular weight excluding hydrogens is 546 g/mol. The fourth-order valence-corrected chi connectivity index (χ4v) is 5.54. The molecule has 0 bridgehead atoms. The summed E-state index contributed by atoms with van der Waals surface area (Å²) in [5.74, 6) is -0.821. The number of benzene rings is 3. The van der Waals surface area contributed by atoms with Crippen LogP contribution in [0, 0.1) is 13.8 Å². The van der Waals surface area contributed by atoms with Crippen LogP contribution in [-0.2, 0) is 32.6 Å². The zero-order chi connectivity index (χ0) is 29.7. The molecule has 9 heteroatoms. The molecule has 2 amide bonds. The first-order chi connectivity index (χ1) is 18.7. The molecule has 0 spiro atoms. The van der Waals surface area contributed by atoms with Crippen molar-refractivity contribution >= 4 is 39.1 Å². The number of nitrogens with zero attached hydrogens (tertiary/aromatic N) is 2. The van der Waals surface area contributed by atoms with Crippen LogP contribution in [0.15, 0.2) is 72.8 Å². The third-order valence-corrected chi connectivity index (χ3v) is 7.93. The predicted octanol–water partition coefficient (Wildman–Crippen LogP) is 5.28. The van der Waals surface area contributed by atoms with E-state index in [1.54, 1.807) is 25.1 Å². The average Bonchev–Trinajstić information content (AvgIpc) is 2.85. The van der Waals surface area contributed by atoms with Gasteiger partial charge < -0.3 is 10.2 Å². The van der Waals surface area contributed by atoms with Crippen LogP contribution in [0.25, 0.3) is 0 Å². The van der Waals surface area contributed by atoms with Crippen molar-refractivity contribution in [2.75, 3.05) is 17.1 Å². The second-order valence-corrected chi connectivity index (χ2v) is 13.4. The zero-order valence-electron chi connectivity index (χ0n) is 23.9. The number of hydrogen-bond acceptors (Lipinski definition) is 4. The van der Waals surface area contributed by atoms with E-state index in [-0.39, 0.29) is 18.9 Å². The lowest BCUT2D eigenvalue weighted by Crippen LogP contribution is -2.56. The Morgan fingerprint density at radius 1 is 0.925 bits per heavy atom. The lowest BCUT2D eigenvalue weighted by Gasteiger charge is -2.35. The van der Waals surface area contributed by atoms with Crippen LogP contribution in [0.3, 0.4) is 0 Å². The van der Waals surface area contributed by atoms with Gasteiger partial charge in [-0.3, -0.25) is 13.9 Å². The first-order valence-corrected chi connectivity index (χ1v) is 15.3. The highest BCUT2D eigenvalue weighted by atomic mass is 35.5. The van der Waals surface area contributed by atoms with Gasteiger partial charge in [0.05, 0.1) is 11.9 Å². The van der Waals surface area contributed by atoms with Crippen LogP contribution in [-0.4, -0.2) is 49.5 Å². The van der Waals surface area contributed by atoms with Crippen molar-refractivity contribution in [3.8, 4) is 0 Å². The summed E-state index contributed by atoms with van der Waals surface area (Å²) in [5.41, 5.74) is 3.04. The van der Waals surface area contributed by atoms with E-state index in [1.807, 2.05) is 82.3 Å². The first kappa shape index (κ1) is 31.2. The van der Waals surface area contributed by atoms with Gasteiger partial charge in [-0.1, -0.05) is 77.8 Å². The molecule has 0 fully saturated rings. The quantitative estimate of drug-likeness (QED) is 0.352. The van der Waals surface area contributed by atoms with Crippen LogP contribution in [0.5, 0.6) is 0 Å². The van der Waals surface area contributed by atoms with E-state index in [2.05, 4.69) is 5.32 Å². The Labute approximate surface area is 243 Å². The Kier molecular flexibility index (Phi) is 10.0. The van der Waals surface area contributed by atoms with Gasteiger partial charge in [0.1, 0.15) is 12.6 Å². The highest BCUT2D eigenvalue weighted by molar-refractivity contribution is 7.92. The molecule has 40 heavy (non-hydrogen) atoms. The SMILES string of the molecule is Cc1cccc(CN(C(=O)CN(c2cccc(Cl)c2C)S(C)(=O)=O)[C@H](Cc2ccccc2)C(=O)NC(C)(C)C)c1. The summed E-state index contributed by atoms with van der Waals surface area (Å²) in [6, 6.07) is 21.2. The fraction of sp³-hybridized carbons (Fsp3) is 0.355. The number of carbonyl (C=O) groups is 2. The minimum absolute atomic E-state index is 0.127. The van der Waals surface area contributed by atoms with E-state index in [1.165, 1.54) is 4.90 Å². The lowest BCUT2D eigenvalue weighted by molar-refractivity contribution is -0.140. The number of anilines is 1. The van der Waals surface area contributed by atoms with Crippen molar-refractivity contribution in [2.45, 2.75) is 59.2 Å². The minimum Gasteiger partial charge on any atom is -0.350 e. The molecule has 0 heterocycles. The molecule has 0 aliphatic heterocycles. The van der Waals surface area contributed by atoms with Gasteiger partial charge in [0, 0.05) is 23.5 Å². The second-order valence-electron chi connectivity index (χ2n) is 11.1. The largest absolute Gasteiger partial charge is 0.350 e. The molecule has 0 saturated heterocycles. The number of carbonyl (C=O) groups excluding carboxylic acids is 2. The molecule has 0 radical (unpaired) electrons. The Morgan fingerprint density at radius 3 is 2.15 bits per heavy atom. The monoisotopic (exact) mass is 583 g/mol. The number of nitrogens with one attached hydrogen (secondary N) is 1. The van der Waals surface area contributed by atoms with Gasteiger partial charge in [-0.05, 0) is 63.4 Å². The van der Waals surface area contributed by atoms with Crippen LogP contribution in [0.1, 0.15) is 43.0 Å². The Bertz CT molecular complexity index is 1450. The summed E-state index contributed by atoms with van der Waals surface area (Å²) in [6.07, 6.45) is 1.31. The fourth-order valence-electron chi connectivity index (χ4n) is 4.48. The number of rotatable bonds is 10. The third-order valence-electron chi connectivity index (χ3n) is 6.39. The van der Waals surface area contributed by atoms with Gasteiger partial charge in [-0.2, -0.15) is 0 Å². The molecular formula is C31H38ClN3O4S. The number of halogens is 1. The van der Waals surface area contributed by atoms with E-state index >= 15 is 0 Å². The van der Waals surface area contributed by atoms with Gasteiger partial charge in [0.2, 0.25) is 21.8 Å². The van der Waals surface area contributed by atoms with Crippen molar-refractivity contribution in [3.05, 3.63) is 100 Å². The molecule has 214 valence electrons. The molecule has 7 nitrogen and oxygen atoms in total. The molecule has 3 aromatic carbocycles. The summed E-state index contributed by atoms with van der Waals surface area (Å²) in [4.78, 5) is 29.4. The number of amides is 2. The van der Waals surface area contributed by atoms with E-state index in [9.17, 15) is 18.0 Å². The summed E-state index contributed by atoms with van der Waals surface area (Å²) < 4.78 is 27.0. The summed E-state index contributed by atoms with van der Waals surface area (Å²) >= 11 is 6.30. The standard InChI is InChI=1S/C31H38ClN3O4S/c1-22-12-10-15-25(18-22)20-34(28(30(37)33-31(3,4)5)19-24-13-8-7-9-14-24)29(36)21-35(40(6,38)39)27-17-11-16-26(32)23(27)2/h7-18,28H,19-21H2,1-6H3,(H,33,37)/t28-/m1/s1. The van der Waals surface area contributed by atoms with Crippen molar-refractivity contribution in [3.63, 3.8) is 0 Å². The van der Waals surface area contributed by atoms with Crippen LogP contribution < -0.4 is 9.62 Å². The molecule has 3 rings (SSSR count). The topological polar surface area (TPSA) is 86.8 Å². The van der Waals surface area contributed by atoms with Crippen molar-refractivity contribution in [1.29, 1.82) is 0 Å². The van der Waals surface area contributed by atoms with Crippen molar-refractivity contribution in [1.82, 2.24) is 10.2 Å². The maximum absolute atomic E-state index is 14.2. The highest BCUT2D eigenvalue weighted by Gasteiger charge is 2.34. The maximum Gasteiger partial charge on any atom is 0.244 e. The molecule has 0 unspecified atom stereocenters. The van der Waals surface area contributed by atoms with Crippen molar-refractivity contribution < 1.29 is 18.0 Å². The normalized spacial score (nSPS) is 12.5. The van der Waals surface area contributed by atoms with Crippen LogP contribution in [0.2, 0.25) is 5.02 Å². The summed E-state index contributed by atoms with van der Waals surface area (Å²) in [6.45, 7) is 8.94. The van der Waals surface area contributed by atoms with E-state index in [0.717, 1.165) is 27.3 Å². The van der Waals surface area contributed by atoms with Crippen LogP contribution in [0.4, 0.5) is 5.69 Å². The Morgan fingerprint density at radius 2 is 1.55 bits per heavy atom. The molecule has 0 aromatic heterocycles. The smallest absolute Gasteiger partial charge is 0.244 e. The van der Waals surface area contributed by atoms with Gasteiger partial charge in [0.15, 0.2) is 0 Å². The highest BCUT2D eigenvalue weighted by Crippen LogP contribution is 2.28. The Balaban J connectivity index is 2.10. The molecule has 0 aliphatic rings. The maximum atomic E-state index is 14.2. The summed E-state index contributed by atoms with van der Waals surface area (Å²) in [5, 5.41) is 3.41. The van der Waals surface area contributed by atoms with Gasteiger partial charge in [0.25, 0.3) is 0 Å². The second kappa shape index (κ2) is 12.9. The summed E-state index contributed by atoms with van der Waals surface area (Å²) in [7, 11) is -3.87. The number of aryl methyl sites for hydroxylation is 1. The molecule has 1 atom stereocenters. The third kappa shape index (κ3) is 8.57. The molecule has 3 aromatic rings. The lowest BCUT2D eigenvalue weighted by atomic mass is 10.0. The first-order valence-electron chi connectivity index (χ1n) is 13.1. The van der Waals surface area contributed by atoms with E-state index in [0.29, 0.717) is 16.3 Å². The molecule has 0 aliphatic carbocycles. The number of hydrogen-bond donors (Lipinski definition) is 1. The van der Waals surface area contributed by atoms with Gasteiger partial charge in [-0.15, -0.1) is 0 Å². The molecule has 1 N–H and O–H groups in total. The van der Waals surface area contributed by atoms with Gasteiger partial charge in [-0.25, -0.2) is 8.42 Å². The minimum atomic E-state index is -3.87. The Hall–Kier alpha value is -3.36. The number of sulfonamides is 1. The van der Waals surface area contributed by atoms with Gasteiger partial charge >= 0.3 is 0 Å². The average molecular weight is 584 g/mol. The van der Waals surface area contributed by atoms with Crippen molar-refractivity contribution in [2.24, 2.45) is 0 Å². The van der Waals surface area contributed by atoms with E-state index < -0.39 is 34.1 Å². The predicted molar refractivity (Wildman–Crippen MR) is 162 cm³/mol.